The van der Waals surface area contributed by atoms with Crippen molar-refractivity contribution in [3.8, 4) is 6.07 Å². The number of anilines is 1. The molecule has 0 unspecified atom stereocenters. The van der Waals surface area contributed by atoms with E-state index >= 15 is 0 Å². The third-order valence-electron chi connectivity index (χ3n) is 6.26. The monoisotopic (exact) mass is 441 g/mol. The van der Waals surface area contributed by atoms with Crippen LogP contribution in [0.15, 0.2) is 42.6 Å². The van der Waals surface area contributed by atoms with E-state index in [0.29, 0.717) is 43.3 Å². The lowest BCUT2D eigenvalue weighted by atomic mass is 9.79. The quantitative estimate of drug-likeness (QED) is 0.667. The Bertz CT molecular complexity index is 1320. The Morgan fingerprint density at radius 1 is 1.30 bits per heavy atom. The number of nitrogens with zero attached hydrogens (tertiary/aromatic N) is 4. The van der Waals surface area contributed by atoms with E-state index in [4.69, 9.17) is 4.74 Å². The maximum absolute atomic E-state index is 12.8. The van der Waals surface area contributed by atoms with Crippen LogP contribution in [0.2, 0.25) is 0 Å². The molecule has 2 aromatic heterocycles. The predicted molar refractivity (Wildman–Crippen MR) is 121 cm³/mol. The molecule has 1 fully saturated rings. The fourth-order valence-corrected chi connectivity index (χ4v) is 4.35. The first-order chi connectivity index (χ1) is 16.0. The zero-order valence-electron chi connectivity index (χ0n) is 18.3. The number of pyridine rings is 2. The maximum atomic E-state index is 12.8. The molecule has 1 atom stereocenters. The second kappa shape index (κ2) is 8.26. The van der Waals surface area contributed by atoms with E-state index in [-0.39, 0.29) is 18.4 Å². The molecule has 8 heteroatoms. The van der Waals surface area contributed by atoms with Gasteiger partial charge in [-0.15, -0.1) is 0 Å². The highest BCUT2D eigenvalue weighted by atomic mass is 16.5. The number of carbonyl (C=O) groups excluding carboxylic acids is 2. The fourth-order valence-electron chi connectivity index (χ4n) is 4.35. The van der Waals surface area contributed by atoms with E-state index in [2.05, 4.69) is 21.4 Å². The zero-order valence-corrected chi connectivity index (χ0v) is 18.3. The van der Waals surface area contributed by atoms with Gasteiger partial charge in [0.15, 0.2) is 0 Å². The van der Waals surface area contributed by atoms with Crippen LogP contribution in [-0.2, 0) is 28.1 Å². The molecule has 2 aliphatic rings. The van der Waals surface area contributed by atoms with Crippen LogP contribution in [0, 0.1) is 11.3 Å². The van der Waals surface area contributed by atoms with Gasteiger partial charge in [-0.2, -0.15) is 5.26 Å². The highest BCUT2D eigenvalue weighted by Gasteiger charge is 2.33. The number of nitrogens with one attached hydrogen (secondary N) is 1. The molecule has 0 bridgehead atoms. The Kier molecular flexibility index (Phi) is 5.27. The van der Waals surface area contributed by atoms with Gasteiger partial charge in [-0.1, -0.05) is 6.07 Å². The maximum Gasteiger partial charge on any atom is 0.251 e. The van der Waals surface area contributed by atoms with E-state index in [1.54, 1.807) is 23.2 Å². The van der Waals surface area contributed by atoms with Crippen molar-refractivity contribution in [1.82, 2.24) is 15.3 Å². The minimum Gasteiger partial charge on any atom is -0.375 e. The average molecular weight is 441 g/mol. The summed E-state index contributed by atoms with van der Waals surface area (Å²) in [6.45, 7) is 3.49. The molecule has 4 heterocycles. The summed E-state index contributed by atoms with van der Waals surface area (Å²) in [6, 6.07) is 13.3. The van der Waals surface area contributed by atoms with Crippen LogP contribution in [0.25, 0.3) is 10.9 Å². The summed E-state index contributed by atoms with van der Waals surface area (Å²) < 4.78 is 5.53. The second-order valence-electron chi connectivity index (χ2n) is 8.68. The second-order valence-corrected chi connectivity index (χ2v) is 8.68. The van der Waals surface area contributed by atoms with Gasteiger partial charge in [0, 0.05) is 30.1 Å². The molecule has 5 rings (SSSR count). The lowest BCUT2D eigenvalue weighted by Crippen LogP contribution is -2.33. The Balaban J connectivity index is 1.33. The molecule has 33 heavy (non-hydrogen) atoms. The summed E-state index contributed by atoms with van der Waals surface area (Å²) in [5.74, 6) is 0.494. The smallest absolute Gasteiger partial charge is 0.251 e. The van der Waals surface area contributed by atoms with Gasteiger partial charge in [-0.25, -0.2) is 4.98 Å². The van der Waals surface area contributed by atoms with Crippen molar-refractivity contribution in [2.75, 3.05) is 18.1 Å². The van der Waals surface area contributed by atoms with E-state index in [1.807, 2.05) is 31.2 Å². The number of hydrogen-bond acceptors (Lipinski definition) is 6. The van der Waals surface area contributed by atoms with Crippen LogP contribution >= 0.6 is 0 Å². The standard InChI is InChI=1S/C25H23N5O3/c1-25(14-26)15-33-13-18-5-4-16(9-20(18)25)24(32)28-12-19-10-21-17(11-27-19)6-7-22(29-21)30-8-2-3-23(30)31/h4-7,9-11H,2-3,8,12-13,15H2,1H3,(H,28,32)/t25-/m1/s1. The molecule has 0 aliphatic carbocycles. The van der Waals surface area contributed by atoms with Crippen LogP contribution in [0.3, 0.4) is 0 Å². The Morgan fingerprint density at radius 3 is 2.97 bits per heavy atom. The number of carbonyl (C=O) groups is 2. The van der Waals surface area contributed by atoms with Gasteiger partial charge in [-0.05, 0) is 54.8 Å². The normalized spacial score (nSPS) is 19.9. The van der Waals surface area contributed by atoms with E-state index in [9.17, 15) is 14.9 Å². The average Bonchev–Trinajstić information content (AvgIpc) is 3.28. The molecule has 2 aliphatic heterocycles. The molecule has 1 saturated heterocycles. The summed E-state index contributed by atoms with van der Waals surface area (Å²) in [5, 5.41) is 13.4. The first-order valence-electron chi connectivity index (χ1n) is 10.9. The van der Waals surface area contributed by atoms with E-state index in [0.717, 1.165) is 28.5 Å². The molecule has 1 aromatic carbocycles. The molecule has 2 amide bonds. The largest absolute Gasteiger partial charge is 0.375 e. The molecule has 1 N–H and O–H groups in total. The van der Waals surface area contributed by atoms with Crippen molar-refractivity contribution >= 4 is 28.5 Å². The molecular formula is C25H23N5O3. The third kappa shape index (κ3) is 3.92. The summed E-state index contributed by atoms with van der Waals surface area (Å²) in [5.41, 5.74) is 2.87. The van der Waals surface area contributed by atoms with Crippen LogP contribution in [0.4, 0.5) is 5.82 Å². The first kappa shape index (κ1) is 21.0. The fraction of sp³-hybridized carbons (Fsp3) is 0.320. The van der Waals surface area contributed by atoms with Crippen molar-refractivity contribution in [2.24, 2.45) is 0 Å². The van der Waals surface area contributed by atoms with Crippen molar-refractivity contribution in [2.45, 2.75) is 38.3 Å². The SMILES string of the molecule is C[C@@]1(C#N)COCc2ccc(C(=O)NCc3cc4nc(N5CCCC5=O)ccc4cn3)cc21. The van der Waals surface area contributed by atoms with Crippen LogP contribution < -0.4 is 10.2 Å². The third-order valence-corrected chi connectivity index (χ3v) is 6.26. The minimum atomic E-state index is -0.774. The Morgan fingerprint density at radius 2 is 2.18 bits per heavy atom. The van der Waals surface area contributed by atoms with Crippen molar-refractivity contribution < 1.29 is 14.3 Å². The lowest BCUT2D eigenvalue weighted by Gasteiger charge is -2.30. The summed E-state index contributed by atoms with van der Waals surface area (Å²) >= 11 is 0. The number of amides is 2. The van der Waals surface area contributed by atoms with Crippen LogP contribution in [-0.4, -0.2) is 34.9 Å². The van der Waals surface area contributed by atoms with E-state index < -0.39 is 5.41 Å². The van der Waals surface area contributed by atoms with Crippen molar-refractivity contribution in [3.05, 3.63) is 65.0 Å². The van der Waals surface area contributed by atoms with Crippen molar-refractivity contribution in [1.29, 1.82) is 5.26 Å². The number of aromatic nitrogens is 2. The Labute approximate surface area is 191 Å². The van der Waals surface area contributed by atoms with Gasteiger partial charge in [-0.3, -0.25) is 19.5 Å². The highest BCUT2D eigenvalue weighted by Crippen LogP contribution is 2.32. The van der Waals surface area contributed by atoms with Gasteiger partial charge in [0.25, 0.3) is 5.91 Å². The first-order valence-corrected chi connectivity index (χ1v) is 10.9. The van der Waals surface area contributed by atoms with Gasteiger partial charge in [0.1, 0.15) is 11.2 Å². The van der Waals surface area contributed by atoms with Gasteiger partial charge < -0.3 is 10.1 Å². The van der Waals surface area contributed by atoms with Gasteiger partial charge >= 0.3 is 0 Å². The number of ether oxygens (including phenoxy) is 1. The minimum absolute atomic E-state index is 0.0903. The molecule has 0 saturated carbocycles. The molecule has 166 valence electrons. The molecule has 0 spiro atoms. The number of hydrogen-bond donors (Lipinski definition) is 1. The number of rotatable bonds is 4. The van der Waals surface area contributed by atoms with Gasteiger partial charge in [0.2, 0.25) is 5.91 Å². The molecule has 8 nitrogen and oxygen atoms in total. The van der Waals surface area contributed by atoms with Gasteiger partial charge in [0.05, 0.1) is 37.0 Å². The number of benzene rings is 1. The topological polar surface area (TPSA) is 108 Å². The van der Waals surface area contributed by atoms with Crippen molar-refractivity contribution in [3.63, 3.8) is 0 Å². The molecule has 0 radical (unpaired) electrons. The zero-order chi connectivity index (χ0) is 23.0. The van der Waals surface area contributed by atoms with E-state index in [1.165, 1.54) is 0 Å². The summed E-state index contributed by atoms with van der Waals surface area (Å²) in [4.78, 5) is 35.6. The van der Waals surface area contributed by atoms with Crippen LogP contribution in [0.1, 0.15) is 46.9 Å². The lowest BCUT2D eigenvalue weighted by molar-refractivity contribution is -0.117. The number of fused-ring (bicyclic) bond motifs is 2. The Hall–Kier alpha value is -3.83. The molecule has 3 aromatic rings. The predicted octanol–water partition coefficient (Wildman–Crippen LogP) is 3.00. The number of nitriles is 1. The molecular weight excluding hydrogens is 418 g/mol. The summed E-state index contributed by atoms with van der Waals surface area (Å²) in [7, 11) is 0. The highest BCUT2D eigenvalue weighted by molar-refractivity contribution is 5.96. The summed E-state index contributed by atoms with van der Waals surface area (Å²) in [6.07, 6.45) is 3.11. The van der Waals surface area contributed by atoms with Crippen LogP contribution in [0.5, 0.6) is 0 Å².